The molecule has 25 heavy (non-hydrogen) atoms. The molecule has 0 radical (unpaired) electrons. The van der Waals surface area contributed by atoms with Crippen LogP contribution < -0.4 is 10.2 Å². The molecule has 0 spiro atoms. The zero-order valence-corrected chi connectivity index (χ0v) is 13.0. The van der Waals surface area contributed by atoms with Crippen LogP contribution in [0, 0.1) is 0 Å². The van der Waals surface area contributed by atoms with E-state index in [9.17, 15) is 19.8 Å². The van der Waals surface area contributed by atoms with Gasteiger partial charge in [0.25, 0.3) is 6.47 Å². The van der Waals surface area contributed by atoms with Crippen molar-refractivity contribution in [1.29, 1.82) is 0 Å². The van der Waals surface area contributed by atoms with Crippen LogP contribution in [0.4, 0.5) is 0 Å². The highest BCUT2D eigenvalue weighted by atomic mass is 16.5. The fraction of sp³-hybridized carbons (Fsp3) is 0.111. The van der Waals surface area contributed by atoms with Gasteiger partial charge in [0.05, 0.1) is 5.56 Å². The Morgan fingerprint density at radius 3 is 2.56 bits per heavy atom. The van der Waals surface area contributed by atoms with Crippen LogP contribution in [-0.2, 0) is 9.53 Å². The molecule has 1 heterocycles. The van der Waals surface area contributed by atoms with Crippen molar-refractivity contribution in [1.82, 2.24) is 0 Å². The average molecular weight is 342 g/mol. The van der Waals surface area contributed by atoms with Crippen LogP contribution in [0.5, 0.6) is 17.2 Å². The van der Waals surface area contributed by atoms with Crippen LogP contribution >= 0.6 is 0 Å². The second-order valence-electron chi connectivity index (χ2n) is 5.16. The van der Waals surface area contributed by atoms with Gasteiger partial charge in [0, 0.05) is 12.1 Å². The minimum Gasteiger partial charge on any atom is -0.508 e. The third-order valence-electron chi connectivity index (χ3n) is 3.55. The largest absolute Gasteiger partial charge is 0.508 e. The van der Waals surface area contributed by atoms with Gasteiger partial charge >= 0.3 is 0 Å². The van der Waals surface area contributed by atoms with E-state index in [1.807, 2.05) is 0 Å². The van der Waals surface area contributed by atoms with Crippen molar-refractivity contribution >= 4 is 17.4 Å². The summed E-state index contributed by atoms with van der Waals surface area (Å²) in [6.45, 7) is 0.469. The molecule has 3 rings (SSSR count). The topological polar surface area (TPSA) is 106 Å². The van der Waals surface area contributed by atoms with E-state index < -0.39 is 5.43 Å². The van der Waals surface area contributed by atoms with E-state index >= 15 is 0 Å². The second-order valence-corrected chi connectivity index (χ2v) is 5.16. The monoisotopic (exact) mass is 342 g/mol. The SMILES string of the molecule is O=COCCOc1cc(O)c2c(=O)c(-c3ccc(O)cc3)coc2c1. The van der Waals surface area contributed by atoms with E-state index in [-0.39, 0.29) is 47.0 Å². The van der Waals surface area contributed by atoms with Crippen LogP contribution in [0.25, 0.3) is 22.1 Å². The lowest BCUT2D eigenvalue weighted by Gasteiger charge is -2.09. The Kier molecular flexibility index (Phi) is 4.56. The summed E-state index contributed by atoms with van der Waals surface area (Å²) < 4.78 is 15.3. The van der Waals surface area contributed by atoms with Gasteiger partial charge in [0.15, 0.2) is 0 Å². The number of phenols is 2. The van der Waals surface area contributed by atoms with E-state index in [0.29, 0.717) is 12.0 Å². The van der Waals surface area contributed by atoms with Crippen molar-refractivity contribution in [2.24, 2.45) is 0 Å². The van der Waals surface area contributed by atoms with Crippen LogP contribution in [-0.4, -0.2) is 29.9 Å². The van der Waals surface area contributed by atoms with E-state index in [4.69, 9.17) is 9.15 Å². The highest BCUT2D eigenvalue weighted by molar-refractivity contribution is 5.88. The fourth-order valence-corrected chi connectivity index (χ4v) is 2.39. The third-order valence-corrected chi connectivity index (χ3v) is 3.55. The summed E-state index contributed by atoms with van der Waals surface area (Å²) in [6.07, 6.45) is 1.29. The lowest BCUT2D eigenvalue weighted by atomic mass is 10.0. The first-order valence-corrected chi connectivity index (χ1v) is 7.36. The summed E-state index contributed by atoms with van der Waals surface area (Å²) in [7, 11) is 0. The molecule has 0 aliphatic rings. The zero-order valence-electron chi connectivity index (χ0n) is 13.0. The number of phenolic OH excluding ortho intramolecular Hbond substituents is 2. The molecule has 0 saturated carbocycles. The van der Waals surface area contributed by atoms with Gasteiger partial charge in [-0.25, -0.2) is 0 Å². The molecule has 0 fully saturated rings. The summed E-state index contributed by atoms with van der Waals surface area (Å²) >= 11 is 0. The molecule has 2 N–H and O–H groups in total. The molecule has 0 amide bonds. The predicted molar refractivity (Wildman–Crippen MR) is 88.8 cm³/mol. The molecular formula is C18H14O7. The molecule has 7 nitrogen and oxygen atoms in total. The quantitative estimate of drug-likeness (QED) is 0.523. The van der Waals surface area contributed by atoms with Gasteiger partial charge in [-0.05, 0) is 17.7 Å². The van der Waals surface area contributed by atoms with Crippen molar-refractivity contribution in [3.05, 3.63) is 52.9 Å². The molecule has 128 valence electrons. The molecule has 1 aromatic heterocycles. The highest BCUT2D eigenvalue weighted by Crippen LogP contribution is 2.30. The van der Waals surface area contributed by atoms with Crippen LogP contribution in [0.15, 0.2) is 51.9 Å². The molecule has 2 aromatic carbocycles. The molecule has 0 aliphatic carbocycles. The molecule has 0 aliphatic heterocycles. The standard InChI is InChI=1S/C18H14O7/c19-10-23-5-6-24-13-7-15(21)17-16(8-13)25-9-14(18(17)22)11-1-3-12(20)4-2-11/h1-4,7-10,20-21H,5-6H2. The van der Waals surface area contributed by atoms with Gasteiger partial charge in [0.2, 0.25) is 5.43 Å². The van der Waals surface area contributed by atoms with Crippen molar-refractivity contribution in [2.75, 3.05) is 13.2 Å². The maximum Gasteiger partial charge on any atom is 0.293 e. The number of benzene rings is 2. The number of carbonyl (C=O) groups excluding carboxylic acids is 1. The number of aromatic hydroxyl groups is 2. The number of ether oxygens (including phenoxy) is 2. The minimum atomic E-state index is -0.403. The predicted octanol–water partition coefficient (Wildman–Crippen LogP) is 2.42. The van der Waals surface area contributed by atoms with E-state index in [0.717, 1.165) is 0 Å². The molecule has 7 heteroatoms. The smallest absolute Gasteiger partial charge is 0.293 e. The van der Waals surface area contributed by atoms with Gasteiger partial charge < -0.3 is 24.1 Å². The molecule has 3 aromatic rings. The summed E-state index contributed by atoms with van der Waals surface area (Å²) in [5.41, 5.74) is 0.578. The Labute approximate surface area is 141 Å². The second kappa shape index (κ2) is 6.96. The molecule has 0 saturated heterocycles. The Hall–Kier alpha value is -3.48. The number of hydrogen-bond acceptors (Lipinski definition) is 7. The maximum absolute atomic E-state index is 12.7. The summed E-state index contributed by atoms with van der Waals surface area (Å²) in [4.78, 5) is 22.7. The van der Waals surface area contributed by atoms with Gasteiger partial charge in [-0.3, -0.25) is 9.59 Å². The Morgan fingerprint density at radius 1 is 1.08 bits per heavy atom. The van der Waals surface area contributed by atoms with E-state index in [2.05, 4.69) is 4.74 Å². The fourth-order valence-electron chi connectivity index (χ4n) is 2.39. The van der Waals surface area contributed by atoms with Crippen molar-refractivity contribution < 1.29 is 28.9 Å². The maximum atomic E-state index is 12.7. The zero-order chi connectivity index (χ0) is 17.8. The lowest BCUT2D eigenvalue weighted by molar-refractivity contribution is -0.129. The number of carbonyl (C=O) groups is 1. The van der Waals surface area contributed by atoms with Crippen molar-refractivity contribution in [3.63, 3.8) is 0 Å². The summed E-state index contributed by atoms with van der Waals surface area (Å²) in [5.74, 6) is 0.0790. The Bertz CT molecular complexity index is 958. The average Bonchev–Trinajstić information content (AvgIpc) is 2.60. The summed E-state index contributed by atoms with van der Waals surface area (Å²) in [5, 5.41) is 19.6. The molecule has 0 bridgehead atoms. The first-order chi connectivity index (χ1) is 12.1. The number of hydrogen-bond donors (Lipinski definition) is 2. The highest BCUT2D eigenvalue weighted by Gasteiger charge is 2.14. The summed E-state index contributed by atoms with van der Waals surface area (Å²) in [6, 6.07) is 8.83. The number of rotatable bonds is 6. The first-order valence-electron chi connectivity index (χ1n) is 7.36. The van der Waals surface area contributed by atoms with Gasteiger partial charge in [-0.2, -0.15) is 0 Å². The van der Waals surface area contributed by atoms with Gasteiger partial charge in [0.1, 0.15) is 47.7 Å². The Morgan fingerprint density at radius 2 is 1.84 bits per heavy atom. The van der Waals surface area contributed by atoms with Gasteiger partial charge in [-0.1, -0.05) is 12.1 Å². The van der Waals surface area contributed by atoms with E-state index in [1.54, 1.807) is 12.1 Å². The Balaban J connectivity index is 1.99. The molecule has 0 atom stereocenters. The van der Waals surface area contributed by atoms with Crippen molar-refractivity contribution in [2.45, 2.75) is 0 Å². The van der Waals surface area contributed by atoms with Gasteiger partial charge in [-0.15, -0.1) is 0 Å². The molecule has 0 unspecified atom stereocenters. The third kappa shape index (κ3) is 3.40. The first kappa shape index (κ1) is 16.4. The minimum absolute atomic E-state index is 0.0297. The van der Waals surface area contributed by atoms with Crippen LogP contribution in [0.2, 0.25) is 0 Å². The molecular weight excluding hydrogens is 328 g/mol. The van der Waals surface area contributed by atoms with Crippen LogP contribution in [0.1, 0.15) is 0 Å². The van der Waals surface area contributed by atoms with Crippen LogP contribution in [0.3, 0.4) is 0 Å². The van der Waals surface area contributed by atoms with E-state index in [1.165, 1.54) is 30.5 Å². The normalized spacial score (nSPS) is 10.6. The number of fused-ring (bicyclic) bond motifs is 1. The van der Waals surface area contributed by atoms with Crippen molar-refractivity contribution in [3.8, 4) is 28.4 Å². The lowest BCUT2D eigenvalue weighted by Crippen LogP contribution is -2.07.